The summed E-state index contributed by atoms with van der Waals surface area (Å²) in [6.45, 7) is 1.69. The van der Waals surface area contributed by atoms with Crippen molar-refractivity contribution in [2.75, 3.05) is 20.2 Å². The third kappa shape index (κ3) is 2.10. The van der Waals surface area contributed by atoms with Crippen molar-refractivity contribution >= 4 is 15.9 Å². The molecule has 2 rings (SSSR count). The van der Waals surface area contributed by atoms with Crippen LogP contribution >= 0.6 is 15.9 Å². The second-order valence-corrected chi connectivity index (χ2v) is 4.90. The van der Waals surface area contributed by atoms with Crippen molar-refractivity contribution in [2.45, 2.75) is 18.4 Å². The zero-order valence-electron chi connectivity index (χ0n) is 9.29. The van der Waals surface area contributed by atoms with E-state index in [9.17, 15) is 5.11 Å². The zero-order valence-corrected chi connectivity index (χ0v) is 10.9. The maximum atomic E-state index is 10.6. The summed E-state index contributed by atoms with van der Waals surface area (Å²) < 4.78 is 6.11. The number of hydrogen-bond donors (Lipinski definition) is 2. The molecule has 0 radical (unpaired) electrons. The standard InChI is InChI=1S/C12H16BrNO2/c1-16-10-4-2-3-9(11(10)13)12(15)5-7-14-8-6-12/h2-4,14-15H,5-8H2,1H3. The molecule has 1 heterocycles. The van der Waals surface area contributed by atoms with Crippen molar-refractivity contribution in [3.05, 3.63) is 28.2 Å². The number of ether oxygens (including phenoxy) is 1. The molecule has 0 aliphatic carbocycles. The highest BCUT2D eigenvalue weighted by atomic mass is 79.9. The summed E-state index contributed by atoms with van der Waals surface area (Å²) in [6.07, 6.45) is 1.47. The molecule has 2 N–H and O–H groups in total. The van der Waals surface area contributed by atoms with Crippen molar-refractivity contribution in [1.29, 1.82) is 0 Å². The molecular formula is C12H16BrNO2. The second kappa shape index (κ2) is 4.73. The molecule has 0 atom stereocenters. The third-order valence-corrected chi connectivity index (χ3v) is 3.93. The Morgan fingerprint density at radius 1 is 1.38 bits per heavy atom. The topological polar surface area (TPSA) is 41.5 Å². The van der Waals surface area contributed by atoms with Gasteiger partial charge in [-0.3, -0.25) is 0 Å². The maximum absolute atomic E-state index is 10.6. The molecule has 1 aliphatic rings. The van der Waals surface area contributed by atoms with Gasteiger partial charge in [0.25, 0.3) is 0 Å². The molecule has 0 aromatic heterocycles. The van der Waals surface area contributed by atoms with Crippen LogP contribution in [0.25, 0.3) is 0 Å². The Kier molecular flexibility index (Phi) is 3.52. The van der Waals surface area contributed by atoms with Crippen molar-refractivity contribution in [3.8, 4) is 5.75 Å². The molecule has 0 unspecified atom stereocenters. The van der Waals surface area contributed by atoms with Crippen LogP contribution in [0.3, 0.4) is 0 Å². The zero-order chi connectivity index (χ0) is 11.6. The highest BCUT2D eigenvalue weighted by Crippen LogP contribution is 2.39. The lowest BCUT2D eigenvalue weighted by Crippen LogP contribution is -2.39. The first-order valence-corrected chi connectivity index (χ1v) is 6.23. The fourth-order valence-electron chi connectivity index (χ4n) is 2.14. The predicted octanol–water partition coefficient (Wildman–Crippen LogP) is 2.03. The third-order valence-electron chi connectivity index (χ3n) is 3.12. The maximum Gasteiger partial charge on any atom is 0.133 e. The van der Waals surface area contributed by atoms with Crippen molar-refractivity contribution in [3.63, 3.8) is 0 Å². The molecule has 88 valence electrons. The van der Waals surface area contributed by atoms with Crippen molar-refractivity contribution in [2.24, 2.45) is 0 Å². The number of piperidine rings is 1. The average Bonchev–Trinajstić information content (AvgIpc) is 2.30. The van der Waals surface area contributed by atoms with E-state index >= 15 is 0 Å². The second-order valence-electron chi connectivity index (χ2n) is 4.10. The number of rotatable bonds is 2. The van der Waals surface area contributed by atoms with Crippen LogP contribution in [0.4, 0.5) is 0 Å². The molecule has 0 bridgehead atoms. The fraction of sp³-hybridized carbons (Fsp3) is 0.500. The van der Waals surface area contributed by atoms with Crippen LogP contribution in [-0.4, -0.2) is 25.3 Å². The largest absolute Gasteiger partial charge is 0.496 e. The molecule has 0 saturated carbocycles. The smallest absolute Gasteiger partial charge is 0.133 e. The van der Waals surface area contributed by atoms with Gasteiger partial charge >= 0.3 is 0 Å². The van der Waals surface area contributed by atoms with Gasteiger partial charge in [0.1, 0.15) is 5.75 Å². The lowest BCUT2D eigenvalue weighted by molar-refractivity contribution is 0.00507. The first-order chi connectivity index (χ1) is 7.67. The lowest BCUT2D eigenvalue weighted by atomic mass is 9.85. The summed E-state index contributed by atoms with van der Waals surface area (Å²) in [4.78, 5) is 0. The highest BCUT2D eigenvalue weighted by Gasteiger charge is 2.33. The van der Waals surface area contributed by atoms with Crippen LogP contribution in [0.5, 0.6) is 5.75 Å². The lowest BCUT2D eigenvalue weighted by Gasteiger charge is -2.34. The molecule has 0 spiro atoms. The van der Waals surface area contributed by atoms with Gasteiger partial charge in [0.2, 0.25) is 0 Å². The van der Waals surface area contributed by atoms with E-state index in [-0.39, 0.29) is 0 Å². The molecule has 16 heavy (non-hydrogen) atoms. The van der Waals surface area contributed by atoms with Gasteiger partial charge in [-0.15, -0.1) is 0 Å². The van der Waals surface area contributed by atoms with Gasteiger partial charge in [-0.2, -0.15) is 0 Å². The number of nitrogens with one attached hydrogen (secondary N) is 1. The molecule has 0 amide bonds. The summed E-state index contributed by atoms with van der Waals surface area (Å²) in [6, 6.07) is 5.76. The summed E-state index contributed by atoms with van der Waals surface area (Å²) in [5.41, 5.74) is 0.187. The van der Waals surface area contributed by atoms with E-state index in [1.807, 2.05) is 18.2 Å². The van der Waals surface area contributed by atoms with E-state index in [1.54, 1.807) is 7.11 Å². The summed E-state index contributed by atoms with van der Waals surface area (Å²) in [7, 11) is 1.64. The normalized spacial score (nSPS) is 19.4. The van der Waals surface area contributed by atoms with Crippen LogP contribution in [0.1, 0.15) is 18.4 Å². The van der Waals surface area contributed by atoms with Gasteiger partial charge in [0.15, 0.2) is 0 Å². The Labute approximate surface area is 104 Å². The van der Waals surface area contributed by atoms with Crippen molar-refractivity contribution in [1.82, 2.24) is 5.32 Å². The average molecular weight is 286 g/mol. The van der Waals surface area contributed by atoms with E-state index in [1.165, 1.54) is 0 Å². The number of aliphatic hydroxyl groups is 1. The van der Waals surface area contributed by atoms with Crippen LogP contribution in [0.2, 0.25) is 0 Å². The molecule has 1 aromatic carbocycles. The molecule has 4 heteroatoms. The van der Waals surface area contributed by atoms with Gasteiger partial charge < -0.3 is 15.2 Å². The number of methoxy groups -OCH3 is 1. The summed E-state index contributed by atoms with van der Waals surface area (Å²) in [5, 5.41) is 13.9. The molecule has 1 aromatic rings. The highest BCUT2D eigenvalue weighted by molar-refractivity contribution is 9.10. The first-order valence-electron chi connectivity index (χ1n) is 5.43. The minimum Gasteiger partial charge on any atom is -0.496 e. The Bertz CT molecular complexity index is 375. The van der Waals surface area contributed by atoms with E-state index in [0.717, 1.165) is 41.7 Å². The van der Waals surface area contributed by atoms with Crippen LogP contribution in [0.15, 0.2) is 22.7 Å². The molecule has 1 fully saturated rings. The first kappa shape index (κ1) is 11.9. The number of halogens is 1. The minimum atomic E-state index is -0.737. The molecule has 3 nitrogen and oxygen atoms in total. The van der Waals surface area contributed by atoms with Crippen molar-refractivity contribution < 1.29 is 9.84 Å². The Balaban J connectivity index is 2.38. The fourth-order valence-corrected chi connectivity index (χ4v) is 2.93. The summed E-state index contributed by atoms with van der Waals surface area (Å²) in [5.74, 6) is 0.768. The Morgan fingerprint density at radius 3 is 2.69 bits per heavy atom. The van der Waals surface area contributed by atoms with E-state index in [0.29, 0.717) is 0 Å². The van der Waals surface area contributed by atoms with Gasteiger partial charge in [-0.05, 0) is 47.9 Å². The minimum absolute atomic E-state index is 0.735. The Hall–Kier alpha value is -0.580. The van der Waals surface area contributed by atoms with Crippen LogP contribution in [0, 0.1) is 0 Å². The number of hydrogen-bond acceptors (Lipinski definition) is 3. The number of benzene rings is 1. The monoisotopic (exact) mass is 285 g/mol. The van der Waals surface area contributed by atoms with Gasteiger partial charge in [-0.1, -0.05) is 12.1 Å². The molecular weight excluding hydrogens is 270 g/mol. The Morgan fingerprint density at radius 2 is 2.06 bits per heavy atom. The molecule has 1 saturated heterocycles. The SMILES string of the molecule is COc1cccc(C2(O)CCNCC2)c1Br. The van der Waals surface area contributed by atoms with E-state index in [4.69, 9.17) is 4.74 Å². The van der Waals surface area contributed by atoms with Gasteiger partial charge in [0.05, 0.1) is 17.2 Å². The van der Waals surface area contributed by atoms with Crippen LogP contribution in [-0.2, 0) is 5.60 Å². The van der Waals surface area contributed by atoms with Crippen LogP contribution < -0.4 is 10.1 Å². The van der Waals surface area contributed by atoms with E-state index in [2.05, 4.69) is 21.2 Å². The predicted molar refractivity (Wildman–Crippen MR) is 66.7 cm³/mol. The van der Waals surface area contributed by atoms with Gasteiger partial charge in [0, 0.05) is 5.56 Å². The van der Waals surface area contributed by atoms with E-state index < -0.39 is 5.60 Å². The summed E-state index contributed by atoms with van der Waals surface area (Å²) >= 11 is 3.51. The quantitative estimate of drug-likeness (QED) is 0.874. The van der Waals surface area contributed by atoms with Gasteiger partial charge in [-0.25, -0.2) is 0 Å². The molecule has 1 aliphatic heterocycles.